The van der Waals surface area contributed by atoms with Crippen molar-refractivity contribution >= 4 is 29.1 Å². The van der Waals surface area contributed by atoms with Crippen LogP contribution in [0.3, 0.4) is 0 Å². The molecule has 1 aromatic rings. The maximum atomic E-state index is 13.2. The van der Waals surface area contributed by atoms with Crippen molar-refractivity contribution in [3.05, 3.63) is 34.0 Å². The van der Waals surface area contributed by atoms with E-state index in [0.29, 0.717) is 48.4 Å². The lowest BCUT2D eigenvalue weighted by atomic mass is 9.67. The van der Waals surface area contributed by atoms with E-state index in [9.17, 15) is 14.7 Å². The minimum atomic E-state index is -0.745. The van der Waals surface area contributed by atoms with Gasteiger partial charge >= 0.3 is 5.97 Å². The molecule has 0 saturated carbocycles. The van der Waals surface area contributed by atoms with Crippen LogP contribution in [0, 0.1) is 11.3 Å². The van der Waals surface area contributed by atoms with E-state index in [1.54, 1.807) is 19.1 Å². The lowest BCUT2D eigenvalue weighted by Gasteiger charge is -2.39. The first-order chi connectivity index (χ1) is 14.1. The largest absolute Gasteiger partial charge is 0.503 e. The number of aliphatic imine (C=N–C) groups is 1. The molecule has 0 amide bonds. The molecule has 0 fully saturated rings. The average molecular weight is 434 g/mol. The molecule has 0 bridgehead atoms. The van der Waals surface area contributed by atoms with Crippen molar-refractivity contribution in [2.45, 2.75) is 52.9 Å². The fraction of sp³-hybridized carbons (Fsp3) is 0.522. The first-order valence-electron chi connectivity index (χ1n) is 10.1. The molecule has 0 aromatic heterocycles. The Labute approximate surface area is 181 Å². The highest BCUT2D eigenvalue weighted by atomic mass is 35.5. The Morgan fingerprint density at radius 1 is 1.33 bits per heavy atom. The van der Waals surface area contributed by atoms with Crippen molar-refractivity contribution in [1.29, 1.82) is 0 Å². The molecule has 1 unspecified atom stereocenters. The number of Topliss-reactive ketones (excluding diaryl/α,β-unsaturated/α-hetero) is 1. The number of phenolic OH excluding ortho intramolecular Hbond substituents is 1. The number of benzene rings is 1. The minimum absolute atomic E-state index is 0.0287. The average Bonchev–Trinajstić information content (AvgIpc) is 2.66. The molecule has 162 valence electrons. The number of nitrogens with zero attached hydrogens (tertiary/aromatic N) is 1. The zero-order valence-electron chi connectivity index (χ0n) is 18.0. The van der Waals surface area contributed by atoms with Crippen LogP contribution >= 0.6 is 11.6 Å². The van der Waals surface area contributed by atoms with E-state index in [2.05, 4.69) is 4.99 Å². The predicted molar refractivity (Wildman–Crippen MR) is 115 cm³/mol. The second kappa shape index (κ2) is 8.42. The van der Waals surface area contributed by atoms with Crippen molar-refractivity contribution < 1.29 is 24.2 Å². The van der Waals surface area contributed by atoms with E-state index < -0.39 is 17.8 Å². The number of esters is 1. The highest BCUT2D eigenvalue weighted by Gasteiger charge is 2.46. The second-order valence-electron chi connectivity index (χ2n) is 8.73. The molecule has 2 atom stereocenters. The number of carbonyl (C=O) groups excluding carboxylic acids is 2. The van der Waals surface area contributed by atoms with Crippen LogP contribution in [-0.4, -0.2) is 36.3 Å². The molecule has 2 aliphatic rings. The van der Waals surface area contributed by atoms with Gasteiger partial charge in [-0.3, -0.25) is 14.6 Å². The van der Waals surface area contributed by atoms with Gasteiger partial charge in [-0.05, 0) is 42.9 Å². The van der Waals surface area contributed by atoms with Crippen LogP contribution in [0.5, 0.6) is 11.5 Å². The maximum absolute atomic E-state index is 13.2. The van der Waals surface area contributed by atoms with E-state index in [-0.39, 0.29) is 27.7 Å². The number of allylic oxidation sites excluding steroid dienone is 2. The van der Waals surface area contributed by atoms with Gasteiger partial charge in [0, 0.05) is 29.3 Å². The molecule has 0 spiro atoms. The molecular formula is C23H28ClNO5. The van der Waals surface area contributed by atoms with Gasteiger partial charge in [-0.25, -0.2) is 0 Å². The van der Waals surface area contributed by atoms with Gasteiger partial charge in [0.1, 0.15) is 5.92 Å². The quantitative estimate of drug-likeness (QED) is 0.672. The Kier molecular flexibility index (Phi) is 6.27. The van der Waals surface area contributed by atoms with Crippen LogP contribution in [0.1, 0.15) is 58.4 Å². The van der Waals surface area contributed by atoms with E-state index >= 15 is 0 Å². The first-order valence-corrected chi connectivity index (χ1v) is 10.5. The van der Waals surface area contributed by atoms with Crippen molar-refractivity contribution in [2.75, 3.05) is 13.7 Å². The van der Waals surface area contributed by atoms with Crippen LogP contribution < -0.4 is 4.74 Å². The molecular weight excluding hydrogens is 406 g/mol. The van der Waals surface area contributed by atoms with Crippen molar-refractivity contribution in [3.8, 4) is 11.5 Å². The fourth-order valence-corrected chi connectivity index (χ4v) is 4.55. The summed E-state index contributed by atoms with van der Waals surface area (Å²) >= 11 is 6.24. The van der Waals surface area contributed by atoms with Gasteiger partial charge in [-0.2, -0.15) is 0 Å². The number of aromatic hydroxyl groups is 1. The third kappa shape index (κ3) is 4.10. The molecule has 0 radical (unpaired) electrons. The van der Waals surface area contributed by atoms with Gasteiger partial charge < -0.3 is 14.6 Å². The lowest BCUT2D eigenvalue weighted by molar-refractivity contribution is -0.146. The summed E-state index contributed by atoms with van der Waals surface area (Å²) < 4.78 is 10.7. The third-order valence-corrected chi connectivity index (χ3v) is 5.92. The van der Waals surface area contributed by atoms with Crippen LogP contribution in [0.2, 0.25) is 5.02 Å². The summed E-state index contributed by atoms with van der Waals surface area (Å²) in [6, 6.07) is 3.21. The van der Waals surface area contributed by atoms with E-state index in [4.69, 9.17) is 21.1 Å². The predicted octanol–water partition coefficient (Wildman–Crippen LogP) is 4.82. The summed E-state index contributed by atoms with van der Waals surface area (Å²) in [6.07, 6.45) is 1.71. The number of phenols is 1. The summed E-state index contributed by atoms with van der Waals surface area (Å²) in [5, 5.41) is 10.3. The standard InChI is InChI=1S/C23H28ClNO5/c1-6-7-30-22(28)18-12(2)25-15-10-23(3,4)11-16(26)20(15)19(18)13-8-14(24)21(27)17(9-13)29-5/h8-9,18-19,27H,6-7,10-11H2,1-5H3/t18?,19-/m0/s1. The van der Waals surface area contributed by atoms with Crippen LogP contribution in [0.15, 0.2) is 28.4 Å². The van der Waals surface area contributed by atoms with Crippen LogP contribution in [0.25, 0.3) is 0 Å². The second-order valence-corrected chi connectivity index (χ2v) is 9.14. The highest BCUT2D eigenvalue weighted by Crippen LogP contribution is 2.49. The van der Waals surface area contributed by atoms with Gasteiger partial charge in [0.05, 0.1) is 18.7 Å². The van der Waals surface area contributed by atoms with Gasteiger partial charge in [-0.1, -0.05) is 32.4 Å². The maximum Gasteiger partial charge on any atom is 0.315 e. The zero-order valence-corrected chi connectivity index (χ0v) is 18.8. The van der Waals surface area contributed by atoms with Crippen molar-refractivity contribution in [3.63, 3.8) is 0 Å². The molecule has 1 N–H and O–H groups in total. The molecule has 7 heteroatoms. The number of rotatable bonds is 5. The van der Waals surface area contributed by atoms with Crippen LogP contribution in [-0.2, 0) is 14.3 Å². The Hall–Kier alpha value is -2.34. The summed E-state index contributed by atoms with van der Waals surface area (Å²) in [5.74, 6) is -1.79. The number of halogens is 1. The molecule has 3 rings (SSSR count). The topological polar surface area (TPSA) is 85.2 Å². The van der Waals surface area contributed by atoms with Gasteiger partial charge in [-0.15, -0.1) is 0 Å². The van der Waals surface area contributed by atoms with Crippen molar-refractivity contribution in [2.24, 2.45) is 16.3 Å². The van der Waals surface area contributed by atoms with E-state index in [1.165, 1.54) is 7.11 Å². The normalized spacial score (nSPS) is 23.0. The van der Waals surface area contributed by atoms with E-state index in [1.807, 2.05) is 20.8 Å². The van der Waals surface area contributed by atoms with Crippen LogP contribution in [0.4, 0.5) is 0 Å². The molecule has 6 nitrogen and oxygen atoms in total. The molecule has 1 aromatic carbocycles. The monoisotopic (exact) mass is 433 g/mol. The smallest absolute Gasteiger partial charge is 0.315 e. The summed E-state index contributed by atoms with van der Waals surface area (Å²) in [5.41, 5.74) is 2.25. The molecule has 1 aliphatic carbocycles. The molecule has 0 saturated heterocycles. The number of ketones is 1. The summed E-state index contributed by atoms with van der Waals surface area (Å²) in [4.78, 5) is 30.9. The van der Waals surface area contributed by atoms with Crippen molar-refractivity contribution in [1.82, 2.24) is 0 Å². The summed E-state index contributed by atoms with van der Waals surface area (Å²) in [7, 11) is 1.43. The zero-order chi connectivity index (χ0) is 22.2. The lowest BCUT2D eigenvalue weighted by Crippen LogP contribution is -2.39. The number of hydrogen-bond acceptors (Lipinski definition) is 6. The number of carbonyl (C=O) groups is 2. The van der Waals surface area contributed by atoms with Gasteiger partial charge in [0.2, 0.25) is 0 Å². The van der Waals surface area contributed by atoms with Gasteiger partial charge in [0.25, 0.3) is 0 Å². The summed E-state index contributed by atoms with van der Waals surface area (Å²) in [6.45, 7) is 8.08. The molecule has 1 aliphatic heterocycles. The third-order valence-electron chi connectivity index (χ3n) is 5.63. The highest BCUT2D eigenvalue weighted by molar-refractivity contribution is 6.32. The molecule has 1 heterocycles. The number of hydrogen-bond donors (Lipinski definition) is 1. The molecule has 30 heavy (non-hydrogen) atoms. The Bertz CT molecular complexity index is 947. The fourth-order valence-electron chi connectivity index (χ4n) is 4.33. The Morgan fingerprint density at radius 3 is 2.67 bits per heavy atom. The number of ether oxygens (including phenoxy) is 2. The van der Waals surface area contributed by atoms with E-state index in [0.717, 1.165) is 0 Å². The van der Waals surface area contributed by atoms with Gasteiger partial charge in [0.15, 0.2) is 17.3 Å². The Morgan fingerprint density at radius 2 is 2.03 bits per heavy atom. The SMILES string of the molecule is CCCOC(=O)C1C(C)=NC2=C(C(=O)CC(C)(C)C2)[C@H]1c1cc(Cl)c(O)c(OC)c1. The first kappa shape index (κ1) is 22.3. The minimum Gasteiger partial charge on any atom is -0.503 e. The Balaban J connectivity index is 2.20. The number of methoxy groups -OCH3 is 1.